The third kappa shape index (κ3) is 12.6. The van der Waals surface area contributed by atoms with Gasteiger partial charge in [-0.05, 0) is 25.0 Å². The van der Waals surface area contributed by atoms with Crippen molar-refractivity contribution in [2.45, 2.75) is 117 Å². The van der Waals surface area contributed by atoms with Crippen LogP contribution in [-0.4, -0.2) is 19.0 Å². The van der Waals surface area contributed by atoms with Crippen molar-refractivity contribution in [1.29, 1.82) is 0 Å². The number of rotatable bonds is 22. The van der Waals surface area contributed by atoms with Crippen LogP contribution in [0.3, 0.4) is 0 Å². The molecule has 0 spiro atoms. The van der Waals surface area contributed by atoms with E-state index >= 15 is 0 Å². The quantitative estimate of drug-likeness (QED) is 0.121. The maximum absolute atomic E-state index is 13.1. The molecule has 36 heavy (non-hydrogen) atoms. The van der Waals surface area contributed by atoms with Crippen LogP contribution < -0.4 is 9.47 Å². The van der Waals surface area contributed by atoms with Crippen molar-refractivity contribution in [3.05, 3.63) is 59.7 Å². The lowest BCUT2D eigenvalue weighted by Gasteiger charge is -2.14. The van der Waals surface area contributed by atoms with Gasteiger partial charge in [-0.2, -0.15) is 0 Å². The Labute approximate surface area is 221 Å². The molecule has 0 N–H and O–H groups in total. The van der Waals surface area contributed by atoms with Crippen LogP contribution in [0.2, 0.25) is 0 Å². The van der Waals surface area contributed by atoms with E-state index in [-0.39, 0.29) is 5.78 Å². The average molecular weight is 495 g/mol. The number of carbonyl (C=O) groups is 1. The van der Waals surface area contributed by atoms with Crippen molar-refractivity contribution in [2.24, 2.45) is 0 Å². The lowest BCUT2D eigenvalue weighted by atomic mass is 10.0. The summed E-state index contributed by atoms with van der Waals surface area (Å²) in [5.41, 5.74) is 1.29. The Kier molecular flexibility index (Phi) is 16.5. The molecule has 2 rings (SSSR count). The molecular weight excluding hydrogens is 444 g/mol. The first kappa shape index (κ1) is 29.9. The molecule has 0 fully saturated rings. The average Bonchev–Trinajstić information content (AvgIpc) is 2.91. The van der Waals surface area contributed by atoms with Gasteiger partial charge in [-0.1, -0.05) is 134 Å². The van der Waals surface area contributed by atoms with Gasteiger partial charge in [0.15, 0.2) is 5.78 Å². The maximum atomic E-state index is 13.1. The molecule has 3 nitrogen and oxygen atoms in total. The van der Waals surface area contributed by atoms with E-state index in [0.717, 1.165) is 25.0 Å². The van der Waals surface area contributed by atoms with Crippen molar-refractivity contribution in [2.75, 3.05) is 13.2 Å². The van der Waals surface area contributed by atoms with Crippen molar-refractivity contribution in [1.82, 2.24) is 0 Å². The number of hydrogen-bond acceptors (Lipinski definition) is 3. The number of ketones is 1. The molecule has 0 aliphatic heterocycles. The van der Waals surface area contributed by atoms with Gasteiger partial charge < -0.3 is 9.47 Å². The molecule has 2 aromatic rings. The Morgan fingerprint density at radius 1 is 0.583 bits per heavy atom. The second-order valence-corrected chi connectivity index (χ2v) is 10.00. The summed E-state index contributed by atoms with van der Waals surface area (Å²) in [6.45, 7) is 5.84. The van der Waals surface area contributed by atoms with Crippen LogP contribution in [0, 0.1) is 0 Å². The molecule has 0 aromatic heterocycles. The van der Waals surface area contributed by atoms with Gasteiger partial charge in [0, 0.05) is 11.6 Å². The molecule has 0 heterocycles. The van der Waals surface area contributed by atoms with Crippen LogP contribution >= 0.6 is 0 Å². The second kappa shape index (κ2) is 19.8. The van der Waals surface area contributed by atoms with E-state index in [4.69, 9.17) is 9.47 Å². The van der Waals surface area contributed by atoms with Gasteiger partial charge in [-0.25, -0.2) is 0 Å². The highest BCUT2D eigenvalue weighted by atomic mass is 16.5. The van der Waals surface area contributed by atoms with E-state index in [1.165, 1.54) is 83.5 Å². The predicted octanol–water partition coefficient (Wildman–Crippen LogP) is 9.96. The number of hydrogen-bond donors (Lipinski definition) is 0. The van der Waals surface area contributed by atoms with Gasteiger partial charge in [0.05, 0.1) is 18.8 Å². The van der Waals surface area contributed by atoms with Crippen molar-refractivity contribution >= 4 is 5.78 Å². The minimum absolute atomic E-state index is 0.00482. The number of ether oxygens (including phenoxy) is 2. The largest absolute Gasteiger partial charge is 0.493 e. The van der Waals surface area contributed by atoms with Crippen LogP contribution in [0.1, 0.15) is 133 Å². The molecule has 0 amide bonds. The van der Waals surface area contributed by atoms with E-state index in [0.29, 0.717) is 30.1 Å². The standard InChI is InChI=1S/C33H50O3/c1-3-5-7-9-11-12-13-14-16-20-26-35-30-24-25-31(33(34)29-22-18-17-19-23-29)32(28-30)36-27-21-15-10-8-6-4-2/h17-19,22-25,28H,3-16,20-21,26-27H2,1-2H3. The monoisotopic (exact) mass is 494 g/mol. The smallest absolute Gasteiger partial charge is 0.196 e. The Morgan fingerprint density at radius 3 is 1.64 bits per heavy atom. The molecule has 0 bridgehead atoms. The van der Waals surface area contributed by atoms with Crippen LogP contribution in [0.25, 0.3) is 0 Å². The fourth-order valence-corrected chi connectivity index (χ4v) is 4.49. The van der Waals surface area contributed by atoms with Crippen molar-refractivity contribution in [3.63, 3.8) is 0 Å². The fraction of sp³-hybridized carbons (Fsp3) is 0.606. The molecule has 0 aliphatic carbocycles. The second-order valence-electron chi connectivity index (χ2n) is 10.00. The minimum atomic E-state index is -0.00482. The van der Waals surface area contributed by atoms with Gasteiger partial charge in [0.25, 0.3) is 0 Å². The van der Waals surface area contributed by atoms with E-state index < -0.39 is 0 Å². The highest BCUT2D eigenvalue weighted by Gasteiger charge is 2.16. The topological polar surface area (TPSA) is 35.5 Å². The summed E-state index contributed by atoms with van der Waals surface area (Å²) in [7, 11) is 0. The predicted molar refractivity (Wildman–Crippen MR) is 153 cm³/mol. The molecule has 0 saturated heterocycles. The number of unbranched alkanes of at least 4 members (excludes halogenated alkanes) is 14. The molecule has 200 valence electrons. The van der Waals surface area contributed by atoms with Crippen molar-refractivity contribution in [3.8, 4) is 11.5 Å². The first-order valence-corrected chi connectivity index (χ1v) is 14.8. The molecular formula is C33H50O3. The summed E-state index contributed by atoms with van der Waals surface area (Å²) in [5.74, 6) is 1.42. The minimum Gasteiger partial charge on any atom is -0.493 e. The molecule has 0 unspecified atom stereocenters. The zero-order valence-corrected chi connectivity index (χ0v) is 23.1. The normalized spacial score (nSPS) is 10.9. The SMILES string of the molecule is CCCCCCCCCCCCOc1ccc(C(=O)c2ccccc2)c(OCCCCCCCC)c1. The Bertz CT molecular complexity index is 815. The summed E-state index contributed by atoms with van der Waals surface area (Å²) in [6.07, 6.45) is 20.4. The summed E-state index contributed by atoms with van der Waals surface area (Å²) < 4.78 is 12.2. The summed E-state index contributed by atoms with van der Waals surface area (Å²) in [6, 6.07) is 15.1. The highest BCUT2D eigenvalue weighted by molar-refractivity contribution is 6.10. The van der Waals surface area contributed by atoms with Crippen LogP contribution in [0.4, 0.5) is 0 Å². The third-order valence-electron chi connectivity index (χ3n) is 6.76. The first-order chi connectivity index (χ1) is 17.8. The van der Waals surface area contributed by atoms with Gasteiger partial charge in [0.2, 0.25) is 0 Å². The van der Waals surface area contributed by atoms with Gasteiger partial charge in [-0.3, -0.25) is 4.79 Å². The molecule has 0 aliphatic rings. The van der Waals surface area contributed by atoms with Gasteiger partial charge in [-0.15, -0.1) is 0 Å². The molecule has 0 radical (unpaired) electrons. The highest BCUT2D eigenvalue weighted by Crippen LogP contribution is 2.28. The molecule has 2 aromatic carbocycles. The van der Waals surface area contributed by atoms with Crippen LogP contribution in [-0.2, 0) is 0 Å². The van der Waals surface area contributed by atoms with Gasteiger partial charge >= 0.3 is 0 Å². The number of carbonyl (C=O) groups excluding carboxylic acids is 1. The molecule has 0 atom stereocenters. The summed E-state index contributed by atoms with van der Waals surface area (Å²) in [5, 5.41) is 0. The summed E-state index contributed by atoms with van der Waals surface area (Å²) in [4.78, 5) is 13.1. The Balaban J connectivity index is 1.80. The van der Waals surface area contributed by atoms with E-state index in [1.807, 2.05) is 48.5 Å². The van der Waals surface area contributed by atoms with Gasteiger partial charge in [0.1, 0.15) is 11.5 Å². The lowest BCUT2D eigenvalue weighted by Crippen LogP contribution is -2.07. The molecule has 3 heteroatoms. The molecule has 0 saturated carbocycles. The number of benzene rings is 2. The maximum Gasteiger partial charge on any atom is 0.196 e. The van der Waals surface area contributed by atoms with E-state index in [9.17, 15) is 4.79 Å². The Morgan fingerprint density at radius 2 is 1.08 bits per heavy atom. The fourth-order valence-electron chi connectivity index (χ4n) is 4.49. The van der Waals surface area contributed by atoms with E-state index in [1.54, 1.807) is 0 Å². The van der Waals surface area contributed by atoms with E-state index in [2.05, 4.69) is 13.8 Å². The third-order valence-corrected chi connectivity index (χ3v) is 6.76. The van der Waals surface area contributed by atoms with Crippen LogP contribution in [0.15, 0.2) is 48.5 Å². The summed E-state index contributed by atoms with van der Waals surface area (Å²) >= 11 is 0. The zero-order valence-electron chi connectivity index (χ0n) is 23.1. The van der Waals surface area contributed by atoms with Crippen molar-refractivity contribution < 1.29 is 14.3 Å². The van der Waals surface area contributed by atoms with Crippen LogP contribution in [0.5, 0.6) is 11.5 Å². The first-order valence-electron chi connectivity index (χ1n) is 14.8. The Hall–Kier alpha value is -2.29. The lowest BCUT2D eigenvalue weighted by molar-refractivity contribution is 0.103. The zero-order chi connectivity index (χ0) is 25.7.